The number of amides is 1. The van der Waals surface area contributed by atoms with E-state index in [0.717, 1.165) is 15.3 Å². The summed E-state index contributed by atoms with van der Waals surface area (Å²) in [5, 5.41) is 17.8. The van der Waals surface area contributed by atoms with Crippen LogP contribution >= 0.6 is 45.9 Å². The van der Waals surface area contributed by atoms with E-state index < -0.39 is 6.10 Å². The van der Waals surface area contributed by atoms with Crippen LogP contribution in [0, 0.1) is 0 Å². The third-order valence-electron chi connectivity index (χ3n) is 3.52. The molecule has 4 nitrogen and oxygen atoms in total. The van der Waals surface area contributed by atoms with Crippen molar-refractivity contribution in [1.29, 1.82) is 0 Å². The van der Waals surface area contributed by atoms with Crippen molar-refractivity contribution in [2.24, 2.45) is 0 Å². The van der Waals surface area contributed by atoms with Gasteiger partial charge in [-0.05, 0) is 52.7 Å². The summed E-state index contributed by atoms with van der Waals surface area (Å²) >= 11 is 14.8. The van der Waals surface area contributed by atoms with E-state index in [1.807, 2.05) is 29.0 Å². The number of nitrogens with one attached hydrogen (secondary N) is 1. The summed E-state index contributed by atoms with van der Waals surface area (Å²) in [6, 6.07) is 10.5. The minimum Gasteiger partial charge on any atom is -0.482 e. The lowest BCUT2D eigenvalue weighted by Gasteiger charge is -2.08. The lowest BCUT2D eigenvalue weighted by atomic mass is 10.2. The molecule has 0 aliphatic rings. The Bertz CT molecular complexity index is 880. The van der Waals surface area contributed by atoms with Gasteiger partial charge in [-0.3, -0.25) is 4.79 Å². The number of halogens is 2. The number of ether oxygens (including phenoxy) is 1. The van der Waals surface area contributed by atoms with E-state index in [1.165, 1.54) is 11.3 Å². The molecule has 3 aromatic rings. The van der Waals surface area contributed by atoms with E-state index in [4.69, 9.17) is 27.9 Å². The van der Waals surface area contributed by atoms with Crippen molar-refractivity contribution in [2.75, 3.05) is 6.61 Å². The van der Waals surface area contributed by atoms with Gasteiger partial charge >= 0.3 is 0 Å². The molecule has 26 heavy (non-hydrogen) atoms. The van der Waals surface area contributed by atoms with E-state index in [2.05, 4.69) is 5.32 Å². The second-order valence-corrected chi connectivity index (χ2v) is 8.23. The van der Waals surface area contributed by atoms with Crippen LogP contribution in [0.1, 0.15) is 21.4 Å². The third kappa shape index (κ3) is 4.99. The topological polar surface area (TPSA) is 58.6 Å². The van der Waals surface area contributed by atoms with E-state index in [0.29, 0.717) is 22.3 Å². The molecule has 1 atom stereocenters. The molecule has 1 aromatic carbocycles. The van der Waals surface area contributed by atoms with Crippen LogP contribution in [0.5, 0.6) is 5.75 Å². The molecule has 0 saturated carbocycles. The van der Waals surface area contributed by atoms with Gasteiger partial charge in [-0.25, -0.2) is 0 Å². The zero-order valence-corrected chi connectivity index (χ0v) is 16.6. The fourth-order valence-electron chi connectivity index (χ4n) is 2.20. The second kappa shape index (κ2) is 8.88. The highest BCUT2D eigenvalue weighted by atomic mass is 35.5. The number of thiophene rings is 2. The maximum atomic E-state index is 11.9. The molecular weight excluding hydrogens is 413 g/mol. The van der Waals surface area contributed by atoms with Crippen LogP contribution in [0.15, 0.2) is 47.2 Å². The molecule has 8 heteroatoms. The molecule has 0 saturated heterocycles. The number of hydrogen-bond donors (Lipinski definition) is 2. The molecule has 0 spiro atoms. The molecule has 0 radical (unpaired) electrons. The van der Waals surface area contributed by atoms with Crippen molar-refractivity contribution in [3.8, 4) is 5.75 Å². The SMILES string of the molecule is O=C(COc1ccc(Cl)cc1Cl)NCc1ccc([C@H](O)c2ccsc2)s1. The average Bonchev–Trinajstić information content (AvgIpc) is 3.30. The smallest absolute Gasteiger partial charge is 0.258 e. The van der Waals surface area contributed by atoms with Crippen molar-refractivity contribution < 1.29 is 14.6 Å². The fraction of sp³-hybridized carbons (Fsp3) is 0.167. The van der Waals surface area contributed by atoms with Gasteiger partial charge in [0.2, 0.25) is 0 Å². The molecule has 0 bridgehead atoms. The molecule has 1 amide bonds. The molecule has 2 N–H and O–H groups in total. The van der Waals surface area contributed by atoms with Crippen molar-refractivity contribution in [3.63, 3.8) is 0 Å². The monoisotopic (exact) mass is 427 g/mol. The summed E-state index contributed by atoms with van der Waals surface area (Å²) in [5.41, 5.74) is 0.876. The van der Waals surface area contributed by atoms with Crippen LogP contribution in [0.25, 0.3) is 0 Å². The molecule has 0 fully saturated rings. The number of rotatable bonds is 7. The first-order valence-electron chi connectivity index (χ1n) is 7.66. The van der Waals surface area contributed by atoms with Gasteiger partial charge in [-0.1, -0.05) is 23.2 Å². The van der Waals surface area contributed by atoms with Gasteiger partial charge in [0.1, 0.15) is 11.9 Å². The van der Waals surface area contributed by atoms with Crippen LogP contribution in [-0.2, 0) is 11.3 Å². The third-order valence-corrected chi connectivity index (χ3v) is 5.89. The quantitative estimate of drug-likeness (QED) is 0.563. The predicted octanol–water partition coefficient (Wildman–Crippen LogP) is 4.89. The Morgan fingerprint density at radius 3 is 2.81 bits per heavy atom. The molecule has 2 heterocycles. The number of aliphatic hydroxyl groups is 1. The van der Waals surface area contributed by atoms with Gasteiger partial charge in [0, 0.05) is 14.8 Å². The molecule has 136 valence electrons. The Labute approximate surface area is 169 Å². The van der Waals surface area contributed by atoms with Gasteiger partial charge in [0.15, 0.2) is 6.61 Å². The number of benzene rings is 1. The molecular formula is C18H15Cl2NO3S2. The first-order chi connectivity index (χ1) is 12.5. The van der Waals surface area contributed by atoms with Crippen LogP contribution in [0.2, 0.25) is 10.0 Å². The highest BCUT2D eigenvalue weighted by molar-refractivity contribution is 7.12. The molecule has 0 aliphatic heterocycles. The van der Waals surface area contributed by atoms with Gasteiger partial charge in [-0.2, -0.15) is 11.3 Å². The lowest BCUT2D eigenvalue weighted by Crippen LogP contribution is -2.28. The van der Waals surface area contributed by atoms with Crippen LogP contribution in [0.4, 0.5) is 0 Å². The number of aliphatic hydroxyl groups excluding tert-OH is 1. The number of hydrogen-bond acceptors (Lipinski definition) is 5. The van der Waals surface area contributed by atoms with E-state index in [9.17, 15) is 9.90 Å². The summed E-state index contributed by atoms with van der Waals surface area (Å²) in [5.74, 6) is 0.146. The summed E-state index contributed by atoms with van der Waals surface area (Å²) < 4.78 is 5.40. The standard InChI is InChI=1S/C18H15Cl2NO3S2/c19-12-1-3-15(14(20)7-12)24-9-17(22)21-8-13-2-4-16(26-13)18(23)11-5-6-25-10-11/h1-7,10,18,23H,8-9H2,(H,21,22)/t18-/m1/s1. The Kier molecular flexibility index (Phi) is 6.56. The maximum Gasteiger partial charge on any atom is 0.258 e. The van der Waals surface area contributed by atoms with Crippen molar-refractivity contribution in [3.05, 3.63) is 72.5 Å². The van der Waals surface area contributed by atoms with Crippen molar-refractivity contribution >= 4 is 51.8 Å². The summed E-state index contributed by atoms with van der Waals surface area (Å²) in [7, 11) is 0. The molecule has 3 rings (SSSR count). The number of carbonyl (C=O) groups excluding carboxylic acids is 1. The maximum absolute atomic E-state index is 11.9. The summed E-state index contributed by atoms with van der Waals surface area (Å²) in [6.45, 7) is 0.231. The first kappa shape index (κ1) is 19.2. The van der Waals surface area contributed by atoms with Gasteiger partial charge in [0.25, 0.3) is 5.91 Å². The van der Waals surface area contributed by atoms with Crippen LogP contribution < -0.4 is 10.1 Å². The Balaban J connectivity index is 1.49. The van der Waals surface area contributed by atoms with E-state index in [-0.39, 0.29) is 12.5 Å². The lowest BCUT2D eigenvalue weighted by molar-refractivity contribution is -0.123. The normalized spacial score (nSPS) is 12.0. The number of carbonyl (C=O) groups is 1. The summed E-state index contributed by atoms with van der Waals surface area (Å²) in [6.07, 6.45) is -0.633. The Morgan fingerprint density at radius 2 is 2.08 bits per heavy atom. The fourth-order valence-corrected chi connectivity index (χ4v) is 4.31. The molecule has 2 aromatic heterocycles. The zero-order chi connectivity index (χ0) is 18.5. The largest absolute Gasteiger partial charge is 0.482 e. The average molecular weight is 428 g/mol. The Hall–Kier alpha value is -1.57. The second-order valence-electron chi connectivity index (χ2n) is 5.40. The van der Waals surface area contributed by atoms with Crippen molar-refractivity contribution in [2.45, 2.75) is 12.6 Å². The summed E-state index contributed by atoms with van der Waals surface area (Å²) in [4.78, 5) is 13.7. The first-order valence-corrected chi connectivity index (χ1v) is 10.2. The minimum absolute atomic E-state index is 0.142. The highest BCUT2D eigenvalue weighted by Crippen LogP contribution is 2.30. The Morgan fingerprint density at radius 1 is 1.23 bits per heavy atom. The zero-order valence-electron chi connectivity index (χ0n) is 13.4. The van der Waals surface area contributed by atoms with Crippen molar-refractivity contribution in [1.82, 2.24) is 5.32 Å². The van der Waals surface area contributed by atoms with Gasteiger partial charge < -0.3 is 15.2 Å². The highest BCUT2D eigenvalue weighted by Gasteiger charge is 2.14. The van der Waals surface area contributed by atoms with Crippen LogP contribution in [0.3, 0.4) is 0 Å². The predicted molar refractivity (Wildman–Crippen MR) is 107 cm³/mol. The van der Waals surface area contributed by atoms with Gasteiger partial charge in [-0.15, -0.1) is 11.3 Å². The van der Waals surface area contributed by atoms with Crippen LogP contribution in [-0.4, -0.2) is 17.6 Å². The molecule has 0 unspecified atom stereocenters. The van der Waals surface area contributed by atoms with E-state index >= 15 is 0 Å². The van der Waals surface area contributed by atoms with E-state index in [1.54, 1.807) is 29.5 Å². The minimum atomic E-state index is -0.633. The van der Waals surface area contributed by atoms with Gasteiger partial charge in [0.05, 0.1) is 11.6 Å². The molecule has 0 aliphatic carbocycles.